The highest BCUT2D eigenvalue weighted by atomic mass is 19.4. The Balaban J connectivity index is 1.67. The number of ether oxygens (including phenoxy) is 2. The topological polar surface area (TPSA) is 93.7 Å². The van der Waals surface area contributed by atoms with E-state index in [9.17, 15) is 27.6 Å². The van der Waals surface area contributed by atoms with E-state index in [2.05, 4.69) is 15.4 Å². The van der Waals surface area contributed by atoms with Crippen LogP contribution in [-0.4, -0.2) is 24.6 Å². The van der Waals surface area contributed by atoms with E-state index in [-0.39, 0.29) is 24.5 Å². The number of rotatable bonds is 7. The predicted octanol–water partition coefficient (Wildman–Crippen LogP) is 5.42. The Labute approximate surface area is 198 Å². The van der Waals surface area contributed by atoms with Gasteiger partial charge in [-0.05, 0) is 55.0 Å². The molecule has 10 heteroatoms. The maximum absolute atomic E-state index is 13.2. The molecule has 0 fully saturated rings. The Hall–Kier alpha value is -4.34. The van der Waals surface area contributed by atoms with E-state index in [0.717, 1.165) is 12.1 Å². The van der Waals surface area contributed by atoms with Gasteiger partial charge in [0.1, 0.15) is 5.75 Å². The van der Waals surface area contributed by atoms with Gasteiger partial charge in [-0.15, -0.1) is 0 Å². The van der Waals surface area contributed by atoms with Crippen molar-refractivity contribution in [1.82, 2.24) is 5.32 Å². The van der Waals surface area contributed by atoms with Crippen LogP contribution in [0.5, 0.6) is 5.75 Å². The van der Waals surface area contributed by atoms with E-state index in [0.29, 0.717) is 11.3 Å². The molecule has 3 rings (SSSR count). The molecule has 0 aliphatic carbocycles. The lowest BCUT2D eigenvalue weighted by Gasteiger charge is -2.14. The van der Waals surface area contributed by atoms with Crippen molar-refractivity contribution >= 4 is 23.7 Å². The fraction of sp³-hybridized carbons (Fsp3) is 0.160. The minimum Gasteiger partial charge on any atom is -0.434 e. The SMILES string of the molecule is CCOC(=O)Oc1ccc(C(=O)Nc2ccccc2CNC(=O)c2ccccc2C(F)(F)F)cc1. The first kappa shape index (κ1) is 25.3. The summed E-state index contributed by atoms with van der Waals surface area (Å²) in [5.74, 6) is -1.17. The number of carbonyl (C=O) groups is 3. The highest BCUT2D eigenvalue weighted by molar-refractivity contribution is 6.04. The largest absolute Gasteiger partial charge is 0.513 e. The summed E-state index contributed by atoms with van der Waals surface area (Å²) < 4.78 is 49.2. The van der Waals surface area contributed by atoms with Crippen LogP contribution in [0.1, 0.15) is 38.8 Å². The van der Waals surface area contributed by atoms with E-state index >= 15 is 0 Å². The number of para-hydroxylation sites is 1. The molecule has 0 aromatic heterocycles. The average Bonchev–Trinajstić information content (AvgIpc) is 2.83. The van der Waals surface area contributed by atoms with Gasteiger partial charge in [0, 0.05) is 17.8 Å². The molecule has 3 aromatic carbocycles. The summed E-state index contributed by atoms with van der Waals surface area (Å²) in [4.78, 5) is 36.5. The molecule has 0 saturated carbocycles. The molecule has 3 aromatic rings. The Bertz CT molecular complexity index is 1210. The first-order chi connectivity index (χ1) is 16.7. The van der Waals surface area contributed by atoms with Crippen molar-refractivity contribution in [2.24, 2.45) is 0 Å². The maximum atomic E-state index is 13.2. The molecule has 0 spiro atoms. The summed E-state index contributed by atoms with van der Waals surface area (Å²) in [5.41, 5.74) is -0.407. The van der Waals surface area contributed by atoms with Crippen LogP contribution in [0.3, 0.4) is 0 Å². The van der Waals surface area contributed by atoms with E-state index in [4.69, 9.17) is 4.74 Å². The van der Waals surface area contributed by atoms with Gasteiger partial charge in [-0.25, -0.2) is 4.79 Å². The number of alkyl halides is 3. The molecule has 0 aliphatic heterocycles. The number of halogens is 3. The fourth-order valence-electron chi connectivity index (χ4n) is 3.11. The molecule has 0 heterocycles. The predicted molar refractivity (Wildman–Crippen MR) is 121 cm³/mol. The molecule has 35 heavy (non-hydrogen) atoms. The van der Waals surface area contributed by atoms with Crippen LogP contribution in [0.15, 0.2) is 72.8 Å². The van der Waals surface area contributed by atoms with Gasteiger partial charge in [0.25, 0.3) is 11.8 Å². The number of benzene rings is 3. The van der Waals surface area contributed by atoms with Crippen LogP contribution in [0.4, 0.5) is 23.7 Å². The third-order valence-electron chi connectivity index (χ3n) is 4.76. The third-order valence-corrected chi connectivity index (χ3v) is 4.76. The van der Waals surface area contributed by atoms with E-state index in [1.165, 1.54) is 36.4 Å². The minimum absolute atomic E-state index is 0.117. The summed E-state index contributed by atoms with van der Waals surface area (Å²) in [6.07, 6.45) is -5.53. The highest BCUT2D eigenvalue weighted by Crippen LogP contribution is 2.31. The molecule has 182 valence electrons. The molecule has 0 atom stereocenters. The van der Waals surface area contributed by atoms with E-state index in [1.54, 1.807) is 31.2 Å². The molecular formula is C25H21F3N2O5. The van der Waals surface area contributed by atoms with Gasteiger partial charge >= 0.3 is 12.3 Å². The monoisotopic (exact) mass is 486 g/mol. The second-order valence-electron chi connectivity index (χ2n) is 7.15. The third kappa shape index (κ3) is 6.83. The lowest BCUT2D eigenvalue weighted by atomic mass is 10.1. The summed E-state index contributed by atoms with van der Waals surface area (Å²) in [6.45, 7) is 1.68. The highest BCUT2D eigenvalue weighted by Gasteiger charge is 2.34. The summed E-state index contributed by atoms with van der Waals surface area (Å²) in [5, 5.41) is 5.17. The van der Waals surface area contributed by atoms with Crippen LogP contribution in [0.2, 0.25) is 0 Å². The molecule has 7 nitrogen and oxygen atoms in total. The van der Waals surface area contributed by atoms with Crippen LogP contribution in [0.25, 0.3) is 0 Å². The zero-order valence-electron chi connectivity index (χ0n) is 18.5. The number of carbonyl (C=O) groups excluding carboxylic acids is 3. The lowest BCUT2D eigenvalue weighted by Crippen LogP contribution is -2.26. The first-order valence-electron chi connectivity index (χ1n) is 10.5. The smallest absolute Gasteiger partial charge is 0.434 e. The molecule has 0 radical (unpaired) electrons. The normalized spacial score (nSPS) is 10.9. The molecule has 2 amide bonds. The second kappa shape index (κ2) is 11.2. The maximum Gasteiger partial charge on any atom is 0.513 e. The first-order valence-corrected chi connectivity index (χ1v) is 10.5. The Kier molecular flexibility index (Phi) is 8.08. The van der Waals surface area contributed by atoms with Gasteiger partial charge in [0.05, 0.1) is 17.7 Å². The number of hydrogen-bond acceptors (Lipinski definition) is 5. The van der Waals surface area contributed by atoms with E-state index in [1.807, 2.05) is 0 Å². The van der Waals surface area contributed by atoms with Crippen LogP contribution < -0.4 is 15.4 Å². The van der Waals surface area contributed by atoms with Gasteiger partial charge in [0.2, 0.25) is 0 Å². The lowest BCUT2D eigenvalue weighted by molar-refractivity contribution is -0.137. The van der Waals surface area contributed by atoms with Crippen molar-refractivity contribution in [1.29, 1.82) is 0 Å². The standard InChI is InChI=1S/C25H21F3N2O5/c1-2-34-24(33)35-18-13-11-16(12-14-18)22(31)30-21-10-6-3-7-17(21)15-29-23(32)19-8-4-5-9-20(19)25(26,27)28/h3-14H,2,15H2,1H3,(H,29,32)(H,30,31). The Morgan fingerprint density at radius 1 is 0.857 bits per heavy atom. The van der Waals surface area contributed by atoms with Gasteiger partial charge in [-0.1, -0.05) is 30.3 Å². The Morgan fingerprint density at radius 2 is 1.51 bits per heavy atom. The van der Waals surface area contributed by atoms with Gasteiger partial charge in [-0.2, -0.15) is 13.2 Å². The zero-order chi connectivity index (χ0) is 25.4. The summed E-state index contributed by atoms with van der Waals surface area (Å²) in [7, 11) is 0. The van der Waals surface area contributed by atoms with Gasteiger partial charge < -0.3 is 20.1 Å². The van der Waals surface area contributed by atoms with Gasteiger partial charge in [0.15, 0.2) is 0 Å². The molecule has 2 N–H and O–H groups in total. The molecule has 0 unspecified atom stereocenters. The molecule has 0 aliphatic rings. The van der Waals surface area contributed by atoms with Crippen LogP contribution in [-0.2, 0) is 17.5 Å². The van der Waals surface area contributed by atoms with Crippen molar-refractivity contribution < 1.29 is 37.0 Å². The molecule has 0 bridgehead atoms. The Morgan fingerprint density at radius 3 is 2.20 bits per heavy atom. The summed E-state index contributed by atoms with van der Waals surface area (Å²) in [6, 6.07) is 16.8. The summed E-state index contributed by atoms with van der Waals surface area (Å²) >= 11 is 0. The number of hydrogen-bond donors (Lipinski definition) is 2. The number of nitrogens with one attached hydrogen (secondary N) is 2. The average molecular weight is 486 g/mol. The van der Waals surface area contributed by atoms with Crippen molar-refractivity contribution in [3.63, 3.8) is 0 Å². The van der Waals surface area contributed by atoms with Crippen molar-refractivity contribution in [2.75, 3.05) is 11.9 Å². The fourth-order valence-corrected chi connectivity index (χ4v) is 3.11. The van der Waals surface area contributed by atoms with Gasteiger partial charge in [-0.3, -0.25) is 9.59 Å². The van der Waals surface area contributed by atoms with Crippen molar-refractivity contribution in [3.8, 4) is 5.75 Å². The molecule has 0 saturated heterocycles. The van der Waals surface area contributed by atoms with E-state index < -0.39 is 35.3 Å². The van der Waals surface area contributed by atoms with Crippen LogP contribution >= 0.6 is 0 Å². The van der Waals surface area contributed by atoms with Crippen LogP contribution in [0, 0.1) is 0 Å². The quantitative estimate of drug-likeness (QED) is 0.344. The minimum atomic E-state index is -4.67. The van der Waals surface area contributed by atoms with Crippen molar-refractivity contribution in [2.45, 2.75) is 19.6 Å². The second-order valence-corrected chi connectivity index (χ2v) is 7.15. The molecular weight excluding hydrogens is 465 g/mol. The zero-order valence-corrected chi connectivity index (χ0v) is 18.5. The number of amides is 2. The number of anilines is 1. The van der Waals surface area contributed by atoms with Crippen molar-refractivity contribution in [3.05, 3.63) is 95.1 Å².